The summed E-state index contributed by atoms with van der Waals surface area (Å²) >= 11 is 3.28. The first kappa shape index (κ1) is 49.1. The number of aromatic nitrogens is 4. The maximum atomic E-state index is 15.0. The van der Waals surface area contributed by atoms with Crippen LogP contribution in [0.4, 0.5) is 20.2 Å². The molecule has 0 bridgehead atoms. The van der Waals surface area contributed by atoms with E-state index in [9.17, 15) is 35.2 Å². The van der Waals surface area contributed by atoms with Gasteiger partial charge in [0.2, 0.25) is 20.0 Å². The highest BCUT2D eigenvalue weighted by Crippen LogP contribution is 2.36. The van der Waals surface area contributed by atoms with Crippen molar-refractivity contribution in [3.05, 3.63) is 148 Å². The SMILES string of the molecule is CS(=O)(=O)Nc1cccc(C(=O)c2c[nH]c3ncc(-c4ccc5c(c4)OCCO5)cc23)c1F.CS(=O)(=O)Nc1cccc(C(=O)c2c[nH]c3ncc(Br)cc23)c1F.OB(O)c1ccc2c(c1)OCCO2. The molecule has 0 saturated heterocycles. The van der Waals surface area contributed by atoms with Crippen molar-refractivity contribution in [3.63, 3.8) is 0 Å². The predicted molar refractivity (Wildman–Crippen MR) is 260 cm³/mol. The number of fused-ring (bicyclic) bond motifs is 4. The summed E-state index contributed by atoms with van der Waals surface area (Å²) < 4.78 is 102. The summed E-state index contributed by atoms with van der Waals surface area (Å²) in [6.07, 6.45) is 7.96. The second-order valence-corrected chi connectivity index (χ2v) is 19.9. The smallest absolute Gasteiger partial charge is 0.486 e. The Morgan fingerprint density at radius 2 is 1.09 bits per heavy atom. The molecule has 2 aliphatic heterocycles. The van der Waals surface area contributed by atoms with Crippen LogP contribution in [0.25, 0.3) is 33.2 Å². The van der Waals surface area contributed by atoms with Gasteiger partial charge in [0.1, 0.15) is 37.7 Å². The molecule has 4 aromatic carbocycles. The topological polar surface area (TPSA) is 261 Å². The number of halogens is 3. The van der Waals surface area contributed by atoms with E-state index in [4.69, 9.17) is 29.0 Å². The van der Waals surface area contributed by atoms with Crippen LogP contribution in [0.3, 0.4) is 0 Å². The highest BCUT2D eigenvalue weighted by Gasteiger charge is 2.24. The lowest BCUT2D eigenvalue weighted by Gasteiger charge is -2.18. The molecule has 18 nitrogen and oxygen atoms in total. The third-order valence-corrected chi connectivity index (χ3v) is 12.0. The third kappa shape index (κ3) is 11.2. The van der Waals surface area contributed by atoms with Crippen molar-refractivity contribution >= 4 is 93.6 Å². The molecule has 10 rings (SSSR count). The van der Waals surface area contributed by atoms with Crippen LogP contribution in [0.5, 0.6) is 23.0 Å². The molecular weight excluding hydrogens is 1020 g/mol. The number of hydrogen-bond donors (Lipinski definition) is 6. The summed E-state index contributed by atoms with van der Waals surface area (Å²) in [5.74, 6) is -0.542. The zero-order chi connectivity index (χ0) is 49.9. The summed E-state index contributed by atoms with van der Waals surface area (Å²) in [7, 11) is -8.83. The van der Waals surface area contributed by atoms with Gasteiger partial charge in [-0.25, -0.2) is 35.6 Å². The number of nitrogens with zero attached hydrogens (tertiary/aromatic N) is 2. The largest absolute Gasteiger partial charge is 0.488 e. The van der Waals surface area contributed by atoms with Gasteiger partial charge in [0, 0.05) is 56.7 Å². The summed E-state index contributed by atoms with van der Waals surface area (Å²) in [5.41, 5.74) is 2.32. The van der Waals surface area contributed by atoms with E-state index >= 15 is 0 Å². The minimum absolute atomic E-state index is 0.215. The number of ketones is 2. The van der Waals surface area contributed by atoms with Crippen molar-refractivity contribution in [1.82, 2.24) is 19.9 Å². The van der Waals surface area contributed by atoms with E-state index in [0.29, 0.717) is 81.4 Å². The number of aromatic amines is 2. The molecule has 4 aromatic heterocycles. The van der Waals surface area contributed by atoms with Crippen LogP contribution in [0, 0.1) is 11.6 Å². The fourth-order valence-corrected chi connectivity index (χ4v) is 8.67. The number of nitrogens with one attached hydrogen (secondary N) is 4. The zero-order valence-corrected chi connectivity index (χ0v) is 39.8. The zero-order valence-electron chi connectivity index (χ0n) is 36.6. The van der Waals surface area contributed by atoms with Gasteiger partial charge >= 0.3 is 7.12 Å². The number of pyridine rings is 2. The Morgan fingerprint density at radius 3 is 1.60 bits per heavy atom. The normalized spacial score (nSPS) is 12.8. The number of carbonyl (C=O) groups excluding carboxylic acids is 2. The van der Waals surface area contributed by atoms with Gasteiger partial charge < -0.3 is 39.0 Å². The maximum Gasteiger partial charge on any atom is 0.488 e. The van der Waals surface area contributed by atoms with E-state index in [1.54, 1.807) is 42.7 Å². The molecule has 24 heteroatoms. The van der Waals surface area contributed by atoms with Gasteiger partial charge in [-0.15, -0.1) is 0 Å². The molecule has 0 saturated carbocycles. The number of sulfonamides is 2. The van der Waals surface area contributed by atoms with E-state index in [1.807, 2.05) is 18.2 Å². The van der Waals surface area contributed by atoms with Crippen LogP contribution in [0.2, 0.25) is 0 Å². The minimum atomic E-state index is -3.71. The number of benzene rings is 4. The highest BCUT2D eigenvalue weighted by molar-refractivity contribution is 9.10. The standard InChI is InChI=1S/C23H18FN3O5S.C15H11BrFN3O3S.C8H9BO4/c1-33(29,30)27-18-4-2-3-15(21(18)24)22(28)17-12-26-23-16(17)9-14(11-25-23)13-5-6-19-20(10-13)32-8-7-31-19;1-24(22,23)20-12-4-2-3-9(13(12)17)14(21)11-7-19-15-10(11)5-8(16)6-18-15;10-9(11)6-1-2-7-8(5-6)13-4-3-12-7/h2-6,9-12,27H,7-8H2,1H3,(H,25,26);2-7,20H,1H3,(H,18,19);1-2,5,10-11H,3-4H2. The molecule has 6 N–H and O–H groups in total. The highest BCUT2D eigenvalue weighted by atomic mass is 79.9. The van der Waals surface area contributed by atoms with Crippen LogP contribution >= 0.6 is 15.9 Å². The van der Waals surface area contributed by atoms with E-state index in [1.165, 1.54) is 48.8 Å². The molecule has 0 unspecified atom stereocenters. The minimum Gasteiger partial charge on any atom is -0.486 e. The molecule has 0 aliphatic carbocycles. The molecule has 0 fully saturated rings. The molecule has 2 aliphatic rings. The van der Waals surface area contributed by atoms with Crippen LogP contribution in [0.15, 0.2) is 114 Å². The molecule has 70 heavy (non-hydrogen) atoms. The molecule has 360 valence electrons. The predicted octanol–water partition coefficient (Wildman–Crippen LogP) is 5.95. The molecule has 8 aromatic rings. The van der Waals surface area contributed by atoms with E-state index < -0.39 is 50.4 Å². The third-order valence-electron chi connectivity index (χ3n) is 10.3. The Kier molecular flexibility index (Phi) is 14.2. The van der Waals surface area contributed by atoms with Gasteiger partial charge in [-0.3, -0.25) is 19.0 Å². The average Bonchev–Trinajstić information content (AvgIpc) is 3.96. The van der Waals surface area contributed by atoms with Gasteiger partial charge in [-0.2, -0.15) is 0 Å². The van der Waals surface area contributed by atoms with Crippen molar-refractivity contribution in [2.75, 3.05) is 48.4 Å². The first-order valence-electron chi connectivity index (χ1n) is 20.7. The molecule has 0 spiro atoms. The van der Waals surface area contributed by atoms with Gasteiger partial charge in [-0.1, -0.05) is 24.3 Å². The van der Waals surface area contributed by atoms with Gasteiger partial charge in [0.15, 0.2) is 46.2 Å². The fourth-order valence-electron chi connectivity index (χ4n) is 7.22. The Balaban J connectivity index is 0.000000155. The summed E-state index contributed by atoms with van der Waals surface area (Å²) in [6, 6.07) is 21.8. The van der Waals surface area contributed by atoms with E-state index in [2.05, 4.69) is 45.3 Å². The quantitative estimate of drug-likeness (QED) is 0.0684. The van der Waals surface area contributed by atoms with Crippen molar-refractivity contribution in [2.45, 2.75) is 0 Å². The Bertz CT molecular complexity index is 3560. The Hall–Kier alpha value is -7.38. The van der Waals surface area contributed by atoms with E-state index in [-0.39, 0.29) is 33.6 Å². The van der Waals surface area contributed by atoms with Crippen molar-refractivity contribution in [1.29, 1.82) is 0 Å². The van der Waals surface area contributed by atoms with Gasteiger partial charge in [-0.05, 0) is 87.6 Å². The van der Waals surface area contributed by atoms with Crippen molar-refractivity contribution in [3.8, 4) is 34.1 Å². The maximum absolute atomic E-state index is 15.0. The number of carbonyl (C=O) groups is 2. The van der Waals surface area contributed by atoms with Crippen molar-refractivity contribution < 1.29 is 64.2 Å². The van der Waals surface area contributed by atoms with Crippen LogP contribution in [0.1, 0.15) is 31.8 Å². The van der Waals surface area contributed by atoms with Crippen LogP contribution in [-0.4, -0.2) is 104 Å². The average molecular weight is 1060 g/mol. The number of ether oxygens (including phenoxy) is 4. The summed E-state index contributed by atoms with van der Waals surface area (Å²) in [4.78, 5) is 40.2. The van der Waals surface area contributed by atoms with Gasteiger partial charge in [0.05, 0.1) is 35.0 Å². The fraction of sp³-hybridized carbons (Fsp3) is 0.130. The number of hydrogen-bond acceptors (Lipinski definition) is 14. The van der Waals surface area contributed by atoms with Crippen LogP contribution in [-0.2, 0) is 20.0 Å². The van der Waals surface area contributed by atoms with Crippen molar-refractivity contribution in [2.24, 2.45) is 0 Å². The summed E-state index contributed by atoms with van der Waals surface area (Å²) in [6.45, 7) is 1.99. The summed E-state index contributed by atoms with van der Waals surface area (Å²) in [5, 5.41) is 18.8. The number of anilines is 2. The second-order valence-electron chi connectivity index (χ2n) is 15.5. The molecular formula is C46H38BBrF2N6O12S2. The second kappa shape index (κ2) is 20.3. The van der Waals surface area contributed by atoms with Gasteiger partial charge in [0.25, 0.3) is 0 Å². The Labute approximate surface area is 406 Å². The molecule has 6 heterocycles. The number of H-pyrrole nitrogens is 2. The van der Waals surface area contributed by atoms with E-state index in [0.717, 1.165) is 23.6 Å². The lowest BCUT2D eigenvalue weighted by atomic mass is 9.80. The molecule has 0 atom stereocenters. The Morgan fingerprint density at radius 1 is 0.614 bits per heavy atom. The monoisotopic (exact) mass is 1060 g/mol. The lowest BCUT2D eigenvalue weighted by molar-refractivity contribution is 0.102. The lowest BCUT2D eigenvalue weighted by Crippen LogP contribution is -2.30. The first-order chi connectivity index (χ1) is 33.3. The van der Waals surface area contributed by atoms with Crippen LogP contribution < -0.4 is 33.9 Å². The number of rotatable bonds is 10. The first-order valence-corrected chi connectivity index (χ1v) is 25.3. The molecule has 0 radical (unpaired) electrons. The molecule has 0 amide bonds.